The summed E-state index contributed by atoms with van der Waals surface area (Å²) in [6.07, 6.45) is 1.44. The first-order chi connectivity index (χ1) is 10.6. The number of Topliss-reactive ketones (excluding diaryl/α,β-unsaturated/α-hetero) is 1. The largest absolute Gasteiger partial charge is 0.618 e. The summed E-state index contributed by atoms with van der Waals surface area (Å²) in [6, 6.07) is 13.0. The van der Waals surface area contributed by atoms with Gasteiger partial charge in [0.25, 0.3) is 5.03 Å². The first kappa shape index (κ1) is 14.7. The van der Waals surface area contributed by atoms with Crippen LogP contribution in [0.3, 0.4) is 0 Å². The Hall–Kier alpha value is -2.27. The zero-order chi connectivity index (χ0) is 15.7. The summed E-state index contributed by atoms with van der Waals surface area (Å²) < 4.78 is 0.788. The van der Waals surface area contributed by atoms with E-state index in [0.717, 1.165) is 21.3 Å². The number of benzene rings is 1. The molecule has 3 rings (SSSR count). The Morgan fingerprint density at radius 2 is 1.95 bits per heavy atom. The van der Waals surface area contributed by atoms with E-state index in [0.29, 0.717) is 10.6 Å². The Morgan fingerprint density at radius 3 is 2.73 bits per heavy atom. The third-order valence-corrected chi connectivity index (χ3v) is 4.72. The summed E-state index contributed by atoms with van der Waals surface area (Å²) >= 11 is 1.28. The molecule has 0 aliphatic carbocycles. The maximum absolute atomic E-state index is 12.8. The van der Waals surface area contributed by atoms with Crippen LogP contribution in [-0.4, -0.2) is 16.0 Å². The lowest BCUT2D eigenvalue weighted by Gasteiger charge is -2.10. The number of ketones is 1. The van der Waals surface area contributed by atoms with Gasteiger partial charge in [-0.1, -0.05) is 18.2 Å². The monoisotopic (exact) mass is 312 g/mol. The standard InChI is InChI=1S/C17H16N2O2S/c1-11-16(13-7-3-4-8-14(13)18-11)17(20)12(2)22-15-9-5-6-10-19(15)21/h3-10,12,18H,1-2H3/t12-/m1/s1. The molecule has 0 aliphatic heterocycles. The van der Waals surface area contributed by atoms with E-state index in [-0.39, 0.29) is 11.0 Å². The first-order valence-electron chi connectivity index (χ1n) is 7.04. The van der Waals surface area contributed by atoms with Crippen molar-refractivity contribution >= 4 is 28.4 Å². The number of rotatable bonds is 4. The fourth-order valence-electron chi connectivity index (χ4n) is 2.54. The van der Waals surface area contributed by atoms with Gasteiger partial charge in [-0.25, -0.2) is 0 Å². The minimum atomic E-state index is -0.333. The van der Waals surface area contributed by atoms with Gasteiger partial charge in [-0.3, -0.25) is 4.79 Å². The average Bonchev–Trinajstić information content (AvgIpc) is 2.84. The maximum atomic E-state index is 12.8. The van der Waals surface area contributed by atoms with Crippen molar-refractivity contribution in [3.8, 4) is 0 Å². The number of para-hydroxylation sites is 1. The lowest BCUT2D eigenvalue weighted by molar-refractivity contribution is -0.645. The number of hydrogen-bond donors (Lipinski definition) is 1. The molecule has 3 aromatic rings. The average molecular weight is 312 g/mol. The van der Waals surface area contributed by atoms with Gasteiger partial charge in [0.05, 0.1) is 5.25 Å². The van der Waals surface area contributed by atoms with Gasteiger partial charge in [0.1, 0.15) is 0 Å². The fraction of sp³-hybridized carbons (Fsp3) is 0.176. The fourth-order valence-corrected chi connectivity index (χ4v) is 3.44. The van der Waals surface area contributed by atoms with Gasteiger partial charge in [0, 0.05) is 34.3 Å². The van der Waals surface area contributed by atoms with Gasteiger partial charge in [0.15, 0.2) is 12.0 Å². The number of nitrogens with one attached hydrogen (secondary N) is 1. The van der Waals surface area contributed by atoms with E-state index in [9.17, 15) is 10.0 Å². The van der Waals surface area contributed by atoms with Gasteiger partial charge in [-0.15, -0.1) is 0 Å². The van der Waals surface area contributed by atoms with Gasteiger partial charge < -0.3 is 10.2 Å². The van der Waals surface area contributed by atoms with Gasteiger partial charge in [-0.05, 0) is 37.7 Å². The minimum absolute atomic E-state index is 0.0313. The number of carbonyl (C=O) groups excluding carboxylic acids is 1. The van der Waals surface area contributed by atoms with Crippen LogP contribution >= 0.6 is 11.8 Å². The van der Waals surface area contributed by atoms with Crippen LogP contribution in [0.1, 0.15) is 23.0 Å². The molecule has 112 valence electrons. The molecule has 5 heteroatoms. The van der Waals surface area contributed by atoms with Gasteiger partial charge >= 0.3 is 0 Å². The smallest absolute Gasteiger partial charge is 0.252 e. The summed E-state index contributed by atoms with van der Waals surface area (Å²) in [7, 11) is 0. The molecule has 0 bridgehead atoms. The molecular formula is C17H16N2O2S. The minimum Gasteiger partial charge on any atom is -0.618 e. The molecular weight excluding hydrogens is 296 g/mol. The third-order valence-electron chi connectivity index (χ3n) is 3.60. The molecule has 1 aromatic carbocycles. The zero-order valence-corrected chi connectivity index (χ0v) is 13.2. The van der Waals surface area contributed by atoms with Gasteiger partial charge in [-0.2, -0.15) is 4.73 Å². The van der Waals surface area contributed by atoms with Crippen molar-refractivity contribution in [3.63, 3.8) is 0 Å². The van der Waals surface area contributed by atoms with Crippen molar-refractivity contribution in [2.45, 2.75) is 24.1 Å². The molecule has 0 radical (unpaired) electrons. The Morgan fingerprint density at radius 1 is 1.23 bits per heavy atom. The van der Waals surface area contributed by atoms with Crippen molar-refractivity contribution in [3.05, 3.63) is 65.1 Å². The SMILES string of the molecule is Cc1[nH]c2ccccc2c1C(=O)[C@@H](C)Sc1cccc[n+]1[O-]. The van der Waals surface area contributed by atoms with Crippen LogP contribution in [0.5, 0.6) is 0 Å². The first-order valence-corrected chi connectivity index (χ1v) is 7.92. The summed E-state index contributed by atoms with van der Waals surface area (Å²) in [5.41, 5.74) is 2.53. The second-order valence-electron chi connectivity index (χ2n) is 5.16. The molecule has 0 unspecified atom stereocenters. The summed E-state index contributed by atoms with van der Waals surface area (Å²) in [4.78, 5) is 16.0. The van der Waals surface area contributed by atoms with Gasteiger partial charge in [0.2, 0.25) is 0 Å². The van der Waals surface area contributed by atoms with E-state index in [4.69, 9.17) is 0 Å². The Bertz CT molecular complexity index is 842. The second kappa shape index (κ2) is 5.85. The molecule has 2 aromatic heterocycles. The summed E-state index contributed by atoms with van der Waals surface area (Å²) in [5.74, 6) is 0.0313. The Kier molecular flexibility index (Phi) is 3.90. The number of thioether (sulfide) groups is 1. The zero-order valence-electron chi connectivity index (χ0n) is 12.4. The number of nitrogens with zero attached hydrogens (tertiary/aromatic N) is 1. The highest BCUT2D eigenvalue weighted by Crippen LogP contribution is 2.28. The van der Waals surface area contributed by atoms with Crippen LogP contribution in [-0.2, 0) is 0 Å². The predicted octanol–water partition coefficient (Wildman–Crippen LogP) is 3.47. The number of pyridine rings is 1. The predicted molar refractivity (Wildman–Crippen MR) is 88.1 cm³/mol. The van der Waals surface area contributed by atoms with Crippen LogP contribution in [0, 0.1) is 12.1 Å². The van der Waals surface area contributed by atoms with Crippen LogP contribution in [0.4, 0.5) is 0 Å². The quantitative estimate of drug-likeness (QED) is 0.347. The molecule has 0 fully saturated rings. The van der Waals surface area contributed by atoms with E-state index in [1.54, 1.807) is 18.2 Å². The molecule has 0 saturated carbocycles. The number of aryl methyl sites for hydroxylation is 1. The molecule has 1 N–H and O–H groups in total. The molecule has 0 spiro atoms. The lowest BCUT2D eigenvalue weighted by Crippen LogP contribution is -2.29. The van der Waals surface area contributed by atoms with E-state index < -0.39 is 0 Å². The van der Waals surface area contributed by atoms with E-state index in [2.05, 4.69) is 4.98 Å². The van der Waals surface area contributed by atoms with Crippen molar-refractivity contribution in [1.82, 2.24) is 4.98 Å². The van der Waals surface area contributed by atoms with Crippen molar-refractivity contribution in [1.29, 1.82) is 0 Å². The van der Waals surface area contributed by atoms with Crippen molar-refractivity contribution < 1.29 is 9.52 Å². The molecule has 4 nitrogen and oxygen atoms in total. The number of aromatic amines is 1. The van der Waals surface area contributed by atoms with Crippen molar-refractivity contribution in [2.24, 2.45) is 0 Å². The Balaban J connectivity index is 1.92. The van der Waals surface area contributed by atoms with E-state index in [1.807, 2.05) is 38.1 Å². The summed E-state index contributed by atoms with van der Waals surface area (Å²) in [6.45, 7) is 3.74. The lowest BCUT2D eigenvalue weighted by atomic mass is 10.1. The molecule has 0 aliphatic rings. The number of carbonyl (C=O) groups is 1. The number of fused-ring (bicyclic) bond motifs is 1. The molecule has 0 saturated heterocycles. The van der Waals surface area contributed by atoms with Crippen molar-refractivity contribution in [2.75, 3.05) is 0 Å². The number of aromatic nitrogens is 2. The highest BCUT2D eigenvalue weighted by atomic mass is 32.2. The summed E-state index contributed by atoms with van der Waals surface area (Å²) in [5, 5.41) is 12.8. The maximum Gasteiger partial charge on any atom is 0.252 e. The van der Waals surface area contributed by atoms with Crippen LogP contribution in [0.2, 0.25) is 0 Å². The molecule has 2 heterocycles. The Labute approximate surface area is 132 Å². The highest BCUT2D eigenvalue weighted by Gasteiger charge is 2.24. The van der Waals surface area contributed by atoms with E-state index in [1.165, 1.54) is 18.0 Å². The van der Waals surface area contributed by atoms with Crippen LogP contribution in [0.15, 0.2) is 53.7 Å². The highest BCUT2D eigenvalue weighted by molar-refractivity contribution is 8.00. The molecule has 0 amide bonds. The molecule has 1 atom stereocenters. The number of H-pyrrole nitrogens is 1. The second-order valence-corrected chi connectivity index (χ2v) is 6.52. The van der Waals surface area contributed by atoms with Crippen LogP contribution < -0.4 is 4.73 Å². The molecule has 22 heavy (non-hydrogen) atoms. The normalized spacial score (nSPS) is 12.5. The van der Waals surface area contributed by atoms with Crippen LogP contribution in [0.25, 0.3) is 10.9 Å². The third kappa shape index (κ3) is 2.60. The van der Waals surface area contributed by atoms with E-state index >= 15 is 0 Å². The number of hydrogen-bond acceptors (Lipinski definition) is 3. The topological polar surface area (TPSA) is 59.8 Å².